The number of hydrogen-bond acceptors (Lipinski definition) is 5. The highest BCUT2D eigenvalue weighted by atomic mass is 16.7. The van der Waals surface area contributed by atoms with Gasteiger partial charge in [-0.3, -0.25) is 4.79 Å². The molecule has 0 aromatic rings. The molecule has 2 rings (SSSR count). The summed E-state index contributed by atoms with van der Waals surface area (Å²) < 4.78 is 16.3. The maximum absolute atomic E-state index is 10.8. The molecule has 1 saturated heterocycles. The molecule has 0 aromatic carbocycles. The van der Waals surface area contributed by atoms with Crippen LogP contribution in [0, 0.1) is 11.8 Å². The van der Waals surface area contributed by atoms with E-state index in [1.165, 1.54) is 6.92 Å². The van der Waals surface area contributed by atoms with Crippen LogP contribution in [0.15, 0.2) is 4.99 Å². The van der Waals surface area contributed by atoms with E-state index in [-0.39, 0.29) is 36.9 Å². The van der Waals surface area contributed by atoms with Crippen LogP contribution in [0.3, 0.4) is 0 Å². The van der Waals surface area contributed by atoms with Crippen LogP contribution in [0.2, 0.25) is 0 Å². The minimum atomic E-state index is -0.318. The second-order valence-electron chi connectivity index (χ2n) is 4.82. The van der Waals surface area contributed by atoms with E-state index < -0.39 is 0 Å². The molecule has 0 spiro atoms. The first-order valence-electron chi connectivity index (χ1n) is 5.99. The van der Waals surface area contributed by atoms with Crippen LogP contribution in [-0.4, -0.2) is 36.9 Å². The van der Waals surface area contributed by atoms with Gasteiger partial charge in [-0.2, -0.15) is 0 Å². The summed E-state index contributed by atoms with van der Waals surface area (Å²) in [5.74, 6) is 1.03. The third-order valence-corrected chi connectivity index (χ3v) is 3.61. The number of carbonyl (C=O) groups excluding carboxylic acids is 1. The molecular weight excluding hydrogens is 222 g/mol. The van der Waals surface area contributed by atoms with E-state index in [2.05, 4.69) is 18.8 Å². The SMILES string of the molecule is CC(=O)OC[C@H]1OC2OC(C)=N[C@@H]2[C@@H](C)[C@H]1C. The van der Waals surface area contributed by atoms with Gasteiger partial charge in [0.05, 0.1) is 6.10 Å². The van der Waals surface area contributed by atoms with Gasteiger partial charge in [-0.1, -0.05) is 13.8 Å². The number of hydrogen-bond donors (Lipinski definition) is 0. The van der Waals surface area contributed by atoms with Crippen molar-refractivity contribution in [3.05, 3.63) is 0 Å². The van der Waals surface area contributed by atoms with Gasteiger partial charge in [0.2, 0.25) is 6.29 Å². The lowest BCUT2D eigenvalue weighted by molar-refractivity contribution is -0.202. The Balaban J connectivity index is 2.01. The van der Waals surface area contributed by atoms with Crippen molar-refractivity contribution in [1.29, 1.82) is 0 Å². The van der Waals surface area contributed by atoms with Crippen molar-refractivity contribution in [2.24, 2.45) is 16.8 Å². The fourth-order valence-corrected chi connectivity index (χ4v) is 2.35. The normalized spacial score (nSPS) is 40.2. The Hall–Kier alpha value is -1.10. The molecule has 0 bridgehead atoms. The Morgan fingerprint density at radius 2 is 2.12 bits per heavy atom. The quantitative estimate of drug-likeness (QED) is 0.685. The minimum Gasteiger partial charge on any atom is -0.463 e. The Morgan fingerprint density at radius 1 is 1.41 bits per heavy atom. The molecule has 0 amide bonds. The van der Waals surface area contributed by atoms with Crippen LogP contribution in [0.25, 0.3) is 0 Å². The van der Waals surface area contributed by atoms with Crippen LogP contribution in [0.5, 0.6) is 0 Å². The third kappa shape index (κ3) is 2.44. The monoisotopic (exact) mass is 241 g/mol. The van der Waals surface area contributed by atoms with Crippen LogP contribution in [0.1, 0.15) is 27.7 Å². The number of nitrogens with zero attached hydrogens (tertiary/aromatic N) is 1. The van der Waals surface area contributed by atoms with Crippen LogP contribution < -0.4 is 0 Å². The van der Waals surface area contributed by atoms with Gasteiger partial charge in [0, 0.05) is 13.8 Å². The van der Waals surface area contributed by atoms with Crippen molar-refractivity contribution in [1.82, 2.24) is 0 Å². The lowest BCUT2D eigenvalue weighted by Crippen LogP contribution is -2.49. The summed E-state index contributed by atoms with van der Waals surface area (Å²) in [6.45, 7) is 7.75. The fraction of sp³-hybridized carbons (Fsp3) is 0.833. The van der Waals surface area contributed by atoms with E-state index in [0.717, 1.165) is 0 Å². The van der Waals surface area contributed by atoms with Crippen LogP contribution >= 0.6 is 0 Å². The molecule has 1 fully saturated rings. The van der Waals surface area contributed by atoms with E-state index in [4.69, 9.17) is 14.2 Å². The lowest BCUT2D eigenvalue weighted by atomic mass is 9.83. The Morgan fingerprint density at radius 3 is 2.76 bits per heavy atom. The molecule has 2 aliphatic rings. The van der Waals surface area contributed by atoms with Crippen molar-refractivity contribution in [2.45, 2.75) is 46.1 Å². The van der Waals surface area contributed by atoms with Crippen molar-refractivity contribution < 1.29 is 19.0 Å². The highest BCUT2D eigenvalue weighted by molar-refractivity contribution is 5.75. The van der Waals surface area contributed by atoms with Gasteiger partial charge >= 0.3 is 5.97 Å². The molecule has 5 heteroatoms. The van der Waals surface area contributed by atoms with Gasteiger partial charge in [0.1, 0.15) is 12.6 Å². The zero-order chi connectivity index (χ0) is 12.6. The number of esters is 1. The molecule has 2 heterocycles. The van der Waals surface area contributed by atoms with Crippen molar-refractivity contribution in [2.75, 3.05) is 6.61 Å². The molecule has 5 nitrogen and oxygen atoms in total. The number of aliphatic imine (C=N–C) groups is 1. The Labute approximate surface area is 101 Å². The predicted molar refractivity (Wildman–Crippen MR) is 61.6 cm³/mol. The molecule has 17 heavy (non-hydrogen) atoms. The second kappa shape index (κ2) is 4.64. The average Bonchev–Trinajstić information content (AvgIpc) is 2.62. The summed E-state index contributed by atoms with van der Waals surface area (Å²) in [4.78, 5) is 15.3. The van der Waals surface area contributed by atoms with E-state index in [0.29, 0.717) is 11.8 Å². The Bertz CT molecular complexity index is 341. The van der Waals surface area contributed by atoms with E-state index in [1.807, 2.05) is 6.92 Å². The molecule has 96 valence electrons. The summed E-state index contributed by atoms with van der Waals surface area (Å²) in [6.07, 6.45) is -0.432. The molecule has 0 aliphatic carbocycles. The minimum absolute atomic E-state index is 0.0681. The van der Waals surface area contributed by atoms with Gasteiger partial charge in [0.15, 0.2) is 5.90 Å². The summed E-state index contributed by atoms with van der Waals surface area (Å²) >= 11 is 0. The first-order valence-corrected chi connectivity index (χ1v) is 5.99. The number of ether oxygens (including phenoxy) is 3. The molecule has 0 N–H and O–H groups in total. The van der Waals surface area contributed by atoms with Gasteiger partial charge < -0.3 is 14.2 Å². The largest absolute Gasteiger partial charge is 0.463 e. The second-order valence-corrected chi connectivity index (χ2v) is 4.82. The predicted octanol–water partition coefficient (Wildman–Crippen LogP) is 1.36. The third-order valence-electron chi connectivity index (χ3n) is 3.61. The smallest absolute Gasteiger partial charge is 0.302 e. The van der Waals surface area contributed by atoms with Crippen molar-refractivity contribution >= 4 is 11.9 Å². The molecule has 0 radical (unpaired) electrons. The average molecular weight is 241 g/mol. The van der Waals surface area contributed by atoms with Gasteiger partial charge in [-0.15, -0.1) is 0 Å². The highest BCUT2D eigenvalue weighted by Gasteiger charge is 2.45. The first-order chi connectivity index (χ1) is 7.99. The molecular formula is C12H19NO4. The molecule has 1 unspecified atom stereocenters. The molecule has 5 atom stereocenters. The zero-order valence-corrected chi connectivity index (χ0v) is 10.7. The van der Waals surface area contributed by atoms with Crippen LogP contribution in [0.4, 0.5) is 0 Å². The van der Waals surface area contributed by atoms with Crippen molar-refractivity contribution in [3.63, 3.8) is 0 Å². The van der Waals surface area contributed by atoms with E-state index in [9.17, 15) is 4.79 Å². The maximum atomic E-state index is 10.8. The van der Waals surface area contributed by atoms with Crippen molar-refractivity contribution in [3.8, 4) is 0 Å². The summed E-state index contributed by atoms with van der Waals surface area (Å²) in [7, 11) is 0. The van der Waals surface area contributed by atoms with Crippen LogP contribution in [-0.2, 0) is 19.0 Å². The molecule has 0 aromatic heterocycles. The zero-order valence-electron chi connectivity index (χ0n) is 10.7. The first kappa shape index (κ1) is 12.4. The van der Waals surface area contributed by atoms with Gasteiger partial charge in [-0.25, -0.2) is 4.99 Å². The molecule has 2 aliphatic heterocycles. The maximum Gasteiger partial charge on any atom is 0.302 e. The summed E-state index contributed by atoms with van der Waals surface area (Å²) in [5, 5.41) is 0. The number of carbonyl (C=O) groups is 1. The summed E-state index contributed by atoms with van der Waals surface area (Å²) in [5.41, 5.74) is 0. The van der Waals surface area contributed by atoms with E-state index in [1.54, 1.807) is 0 Å². The van der Waals surface area contributed by atoms with Gasteiger partial charge in [-0.05, 0) is 11.8 Å². The van der Waals surface area contributed by atoms with E-state index >= 15 is 0 Å². The Kier molecular flexibility index (Phi) is 3.38. The molecule has 0 saturated carbocycles. The number of fused-ring (bicyclic) bond motifs is 1. The summed E-state index contributed by atoms with van der Waals surface area (Å²) in [6, 6.07) is 0.0681. The van der Waals surface area contributed by atoms with Gasteiger partial charge in [0.25, 0.3) is 0 Å². The fourth-order valence-electron chi connectivity index (χ4n) is 2.35. The lowest BCUT2D eigenvalue weighted by Gasteiger charge is -2.39. The highest BCUT2D eigenvalue weighted by Crippen LogP contribution is 2.36. The standard InChI is InChI=1S/C12H19NO4/c1-6-7(2)11-12(16-8(3)13-11)17-10(6)5-15-9(4)14/h6-7,10-12H,5H2,1-4H3/t6-,7+,10-,11-,12?/m1/s1. The number of rotatable bonds is 2. The topological polar surface area (TPSA) is 57.1 Å².